The fourth-order valence-corrected chi connectivity index (χ4v) is 1.55. The highest BCUT2D eigenvalue weighted by Crippen LogP contribution is 2.15. The monoisotopic (exact) mass is 180 g/mol. The number of nitrogens with one attached hydrogen (secondary N) is 2. The molecule has 0 aromatic heterocycles. The van der Waals surface area contributed by atoms with Crippen LogP contribution in [0.4, 0.5) is 0 Å². The molecule has 1 fully saturated rings. The third kappa shape index (κ3) is 2.51. The second kappa shape index (κ2) is 4.35. The van der Waals surface area contributed by atoms with Crippen LogP contribution in [0, 0.1) is 0 Å². The Morgan fingerprint density at radius 1 is 0.846 bits per heavy atom. The molecule has 1 rings (SSSR count). The molecular weight excluding hydrogens is 160 g/mol. The predicted molar refractivity (Wildman–Crippen MR) is 57.4 cm³/mol. The maximum Gasteiger partial charge on any atom is 0.0561 e. The van der Waals surface area contributed by atoms with E-state index in [0.717, 1.165) is 13.1 Å². The SMILES string of the molecule is CC(C)=C1NCCCNC1=C(C)C. The molecule has 0 atom stereocenters. The molecule has 1 aliphatic rings. The number of hydrogen-bond donors (Lipinski definition) is 2. The molecule has 0 radical (unpaired) electrons. The molecule has 2 N–H and O–H groups in total. The van der Waals surface area contributed by atoms with Gasteiger partial charge in [0.05, 0.1) is 11.4 Å². The van der Waals surface area contributed by atoms with Gasteiger partial charge >= 0.3 is 0 Å². The van der Waals surface area contributed by atoms with Gasteiger partial charge in [-0.25, -0.2) is 0 Å². The predicted octanol–water partition coefficient (Wildman–Crippen LogP) is 2.16. The Bertz CT molecular complexity index is 215. The summed E-state index contributed by atoms with van der Waals surface area (Å²) in [6.45, 7) is 10.8. The molecule has 0 saturated carbocycles. The van der Waals surface area contributed by atoms with Gasteiger partial charge in [0.25, 0.3) is 0 Å². The highest BCUT2D eigenvalue weighted by atomic mass is 15.0. The van der Waals surface area contributed by atoms with Gasteiger partial charge in [0.2, 0.25) is 0 Å². The van der Waals surface area contributed by atoms with Crippen LogP contribution in [0.3, 0.4) is 0 Å². The van der Waals surface area contributed by atoms with Gasteiger partial charge in [-0.05, 0) is 34.1 Å². The van der Waals surface area contributed by atoms with Crippen LogP contribution in [-0.4, -0.2) is 13.1 Å². The average molecular weight is 180 g/mol. The molecule has 1 saturated heterocycles. The summed E-state index contributed by atoms with van der Waals surface area (Å²) in [6.07, 6.45) is 1.19. The van der Waals surface area contributed by atoms with E-state index >= 15 is 0 Å². The molecule has 74 valence electrons. The largest absolute Gasteiger partial charge is 0.383 e. The first kappa shape index (κ1) is 10.2. The van der Waals surface area contributed by atoms with Crippen LogP contribution in [0.5, 0.6) is 0 Å². The fourth-order valence-electron chi connectivity index (χ4n) is 1.55. The van der Waals surface area contributed by atoms with Crippen molar-refractivity contribution in [1.29, 1.82) is 0 Å². The Morgan fingerprint density at radius 3 is 1.54 bits per heavy atom. The van der Waals surface area contributed by atoms with Gasteiger partial charge in [-0.15, -0.1) is 0 Å². The molecule has 0 unspecified atom stereocenters. The third-order valence-electron chi connectivity index (χ3n) is 2.21. The zero-order valence-corrected chi connectivity index (χ0v) is 9.12. The van der Waals surface area contributed by atoms with Crippen LogP contribution in [0.1, 0.15) is 34.1 Å². The molecule has 1 heterocycles. The molecule has 0 amide bonds. The molecular formula is C11H20N2. The van der Waals surface area contributed by atoms with Gasteiger partial charge in [0.15, 0.2) is 0 Å². The maximum absolute atomic E-state index is 3.47. The minimum atomic E-state index is 1.07. The number of hydrogen-bond acceptors (Lipinski definition) is 2. The van der Waals surface area contributed by atoms with Crippen molar-refractivity contribution in [1.82, 2.24) is 10.6 Å². The molecule has 13 heavy (non-hydrogen) atoms. The van der Waals surface area contributed by atoms with Gasteiger partial charge in [-0.1, -0.05) is 11.1 Å². The molecule has 1 aliphatic heterocycles. The van der Waals surface area contributed by atoms with Crippen LogP contribution >= 0.6 is 0 Å². The number of rotatable bonds is 0. The van der Waals surface area contributed by atoms with Crippen molar-refractivity contribution in [3.05, 3.63) is 22.5 Å². The standard InChI is InChI=1S/C11H20N2/c1-8(2)10-11(9(3)4)13-7-5-6-12-10/h12-13H,5-7H2,1-4H3. The average Bonchev–Trinajstić information content (AvgIpc) is 2.27. The van der Waals surface area contributed by atoms with Crippen molar-refractivity contribution in [3.63, 3.8) is 0 Å². The summed E-state index contributed by atoms with van der Waals surface area (Å²) in [5.41, 5.74) is 5.28. The van der Waals surface area contributed by atoms with Crippen LogP contribution in [0.25, 0.3) is 0 Å². The van der Waals surface area contributed by atoms with E-state index in [1.165, 1.54) is 29.0 Å². The fraction of sp³-hybridized carbons (Fsp3) is 0.636. The second-order valence-electron chi connectivity index (χ2n) is 3.96. The van der Waals surface area contributed by atoms with Gasteiger partial charge < -0.3 is 10.6 Å². The first-order chi connectivity index (χ1) is 6.13. The summed E-state index contributed by atoms with van der Waals surface area (Å²) in [4.78, 5) is 0. The summed E-state index contributed by atoms with van der Waals surface area (Å²) in [6, 6.07) is 0. The van der Waals surface area contributed by atoms with Crippen molar-refractivity contribution in [2.24, 2.45) is 0 Å². The molecule has 0 aromatic carbocycles. The lowest BCUT2D eigenvalue weighted by molar-refractivity contribution is 0.743. The van der Waals surface area contributed by atoms with E-state index < -0.39 is 0 Å². The van der Waals surface area contributed by atoms with Gasteiger partial charge in [0.1, 0.15) is 0 Å². The second-order valence-corrected chi connectivity index (χ2v) is 3.96. The molecule has 0 bridgehead atoms. The zero-order chi connectivity index (χ0) is 9.84. The van der Waals surface area contributed by atoms with E-state index in [1.807, 2.05) is 0 Å². The summed E-state index contributed by atoms with van der Waals surface area (Å²) >= 11 is 0. The number of allylic oxidation sites excluding steroid dienone is 2. The topological polar surface area (TPSA) is 24.1 Å². The zero-order valence-electron chi connectivity index (χ0n) is 9.12. The van der Waals surface area contributed by atoms with Crippen molar-refractivity contribution >= 4 is 0 Å². The lowest BCUT2D eigenvalue weighted by Crippen LogP contribution is -2.19. The molecule has 0 aromatic rings. The summed E-state index contributed by atoms with van der Waals surface area (Å²) < 4.78 is 0. The van der Waals surface area contributed by atoms with Gasteiger partial charge in [0, 0.05) is 13.1 Å². The normalized spacial score (nSPS) is 17.2. The highest BCUT2D eigenvalue weighted by Gasteiger charge is 2.10. The van der Waals surface area contributed by atoms with Crippen molar-refractivity contribution in [2.75, 3.05) is 13.1 Å². The summed E-state index contributed by atoms with van der Waals surface area (Å²) in [5, 5.41) is 6.94. The molecule has 0 spiro atoms. The van der Waals surface area contributed by atoms with Gasteiger partial charge in [-0.3, -0.25) is 0 Å². The maximum atomic E-state index is 3.47. The lowest BCUT2D eigenvalue weighted by atomic mass is 10.1. The smallest absolute Gasteiger partial charge is 0.0561 e. The van der Waals surface area contributed by atoms with Crippen LogP contribution in [0.2, 0.25) is 0 Å². The van der Waals surface area contributed by atoms with Crippen LogP contribution in [0.15, 0.2) is 22.5 Å². The Labute approximate surface area is 81.1 Å². The Hall–Kier alpha value is -0.920. The van der Waals surface area contributed by atoms with E-state index in [-0.39, 0.29) is 0 Å². The first-order valence-corrected chi connectivity index (χ1v) is 4.96. The van der Waals surface area contributed by atoms with E-state index in [2.05, 4.69) is 38.3 Å². The lowest BCUT2D eigenvalue weighted by Gasteiger charge is -2.15. The minimum absolute atomic E-state index is 1.07. The Kier molecular flexibility index (Phi) is 3.40. The molecule has 2 nitrogen and oxygen atoms in total. The Balaban J connectivity index is 3.01. The van der Waals surface area contributed by atoms with E-state index in [1.54, 1.807) is 0 Å². The summed E-state index contributed by atoms with van der Waals surface area (Å²) in [5.74, 6) is 0. The van der Waals surface area contributed by atoms with Crippen molar-refractivity contribution in [2.45, 2.75) is 34.1 Å². The van der Waals surface area contributed by atoms with E-state index in [9.17, 15) is 0 Å². The van der Waals surface area contributed by atoms with E-state index in [4.69, 9.17) is 0 Å². The first-order valence-electron chi connectivity index (χ1n) is 4.96. The van der Waals surface area contributed by atoms with E-state index in [0.29, 0.717) is 0 Å². The van der Waals surface area contributed by atoms with Crippen LogP contribution in [-0.2, 0) is 0 Å². The van der Waals surface area contributed by atoms with Gasteiger partial charge in [-0.2, -0.15) is 0 Å². The highest BCUT2D eigenvalue weighted by molar-refractivity contribution is 5.34. The van der Waals surface area contributed by atoms with Crippen LogP contribution < -0.4 is 10.6 Å². The molecule has 0 aliphatic carbocycles. The quantitative estimate of drug-likeness (QED) is 0.597. The summed E-state index contributed by atoms with van der Waals surface area (Å²) in [7, 11) is 0. The third-order valence-corrected chi connectivity index (χ3v) is 2.21. The molecule has 2 heteroatoms. The van der Waals surface area contributed by atoms with Crippen molar-refractivity contribution in [3.8, 4) is 0 Å². The van der Waals surface area contributed by atoms with Crippen molar-refractivity contribution < 1.29 is 0 Å². The Morgan fingerprint density at radius 2 is 1.23 bits per heavy atom. The minimum Gasteiger partial charge on any atom is -0.383 e.